The maximum absolute atomic E-state index is 12.9. The molecule has 0 heterocycles. The standard InChI is InChI=1S/C70H112O6/c1-4-7-10-13-16-19-22-24-26-28-30-32-33-34-35-36-37-39-40-42-44-46-48-51-54-57-60-63-69(72)75-66-67(65-74-68(71)62-59-56-53-50-21-18-15-12-9-6-3)76-70(73)64-61-58-55-52-49-47-45-43-41-38-31-29-27-25-23-20-17-14-11-8-5-2/h7-8,10-11,16-17,19-20,24-27,30-32,34-35,37-39,42,44,48,51,67H,4-6,9,12-15,18,21-23,28-29,33,36,40-41,43,45-47,49-50,52-66H2,1-3H3/b10-7-,11-8-,19-16-,20-17-,26-24-,27-25-,32-30-,35-34-,38-31-,39-37-,44-42-,51-48-. The fourth-order valence-corrected chi connectivity index (χ4v) is 8.04. The van der Waals surface area contributed by atoms with Gasteiger partial charge < -0.3 is 14.2 Å². The van der Waals surface area contributed by atoms with Crippen LogP contribution < -0.4 is 0 Å². The van der Waals surface area contributed by atoms with Crippen LogP contribution in [0, 0.1) is 0 Å². The van der Waals surface area contributed by atoms with Crippen molar-refractivity contribution in [3.8, 4) is 0 Å². The first kappa shape index (κ1) is 71.3. The van der Waals surface area contributed by atoms with Gasteiger partial charge in [-0.25, -0.2) is 0 Å². The van der Waals surface area contributed by atoms with Crippen molar-refractivity contribution in [3.63, 3.8) is 0 Å². The van der Waals surface area contributed by atoms with Gasteiger partial charge in [0.25, 0.3) is 0 Å². The van der Waals surface area contributed by atoms with Gasteiger partial charge in [0.15, 0.2) is 6.10 Å². The van der Waals surface area contributed by atoms with Crippen molar-refractivity contribution in [1.29, 1.82) is 0 Å². The Morgan fingerprint density at radius 3 is 0.829 bits per heavy atom. The van der Waals surface area contributed by atoms with Gasteiger partial charge in [-0.3, -0.25) is 14.4 Å². The van der Waals surface area contributed by atoms with Crippen LogP contribution in [0.3, 0.4) is 0 Å². The Morgan fingerprint density at radius 1 is 0.276 bits per heavy atom. The molecule has 0 saturated carbocycles. The maximum Gasteiger partial charge on any atom is 0.306 e. The van der Waals surface area contributed by atoms with Crippen molar-refractivity contribution in [2.75, 3.05) is 13.2 Å². The molecule has 6 heteroatoms. The number of rotatable bonds is 54. The van der Waals surface area contributed by atoms with Gasteiger partial charge in [0.05, 0.1) is 0 Å². The summed E-state index contributed by atoms with van der Waals surface area (Å²) in [6.45, 7) is 6.35. The van der Waals surface area contributed by atoms with Crippen LogP contribution in [0.15, 0.2) is 146 Å². The quantitative estimate of drug-likeness (QED) is 0.0261. The van der Waals surface area contributed by atoms with Crippen molar-refractivity contribution in [3.05, 3.63) is 146 Å². The molecule has 0 rings (SSSR count). The van der Waals surface area contributed by atoms with Crippen molar-refractivity contribution < 1.29 is 28.6 Å². The molecule has 0 bridgehead atoms. The molecule has 1 atom stereocenters. The fraction of sp³-hybridized carbons (Fsp3) is 0.614. The SMILES string of the molecule is CC/C=C\C/C=C\C/C=C\C/C=C\C/C=C\C/C=C\C/C=C\C/C=C\CCCCC(=O)OCC(COC(=O)CCCCCCCCCCCC)OC(=O)CCCCCCCCCC/C=C\C/C=C\C/C=C\C/C=C\CC. The molecule has 0 N–H and O–H groups in total. The minimum atomic E-state index is -0.805. The van der Waals surface area contributed by atoms with E-state index >= 15 is 0 Å². The third-order valence-electron chi connectivity index (χ3n) is 12.6. The molecule has 0 aromatic heterocycles. The number of carbonyl (C=O) groups excluding carboxylic acids is 3. The molecule has 6 nitrogen and oxygen atoms in total. The molecule has 0 saturated heterocycles. The molecule has 0 aromatic rings. The van der Waals surface area contributed by atoms with Crippen molar-refractivity contribution in [2.45, 2.75) is 264 Å². The zero-order chi connectivity index (χ0) is 55.0. The number of hydrogen-bond acceptors (Lipinski definition) is 6. The number of unbranched alkanes of at least 4 members (excludes halogenated alkanes) is 19. The molecule has 0 fully saturated rings. The molecular formula is C70H112O6. The normalized spacial score (nSPS) is 13.1. The van der Waals surface area contributed by atoms with Crippen LogP contribution in [0.4, 0.5) is 0 Å². The second kappa shape index (κ2) is 62.8. The van der Waals surface area contributed by atoms with Gasteiger partial charge in [-0.15, -0.1) is 0 Å². The van der Waals surface area contributed by atoms with Gasteiger partial charge in [-0.1, -0.05) is 263 Å². The molecule has 0 aliphatic carbocycles. The van der Waals surface area contributed by atoms with Crippen LogP contribution in [0.25, 0.3) is 0 Å². The Balaban J connectivity index is 4.40. The van der Waals surface area contributed by atoms with E-state index in [-0.39, 0.29) is 31.1 Å². The van der Waals surface area contributed by atoms with Gasteiger partial charge in [0, 0.05) is 19.3 Å². The summed E-state index contributed by atoms with van der Waals surface area (Å²) < 4.78 is 16.8. The topological polar surface area (TPSA) is 78.9 Å². The Labute approximate surface area is 467 Å². The van der Waals surface area contributed by atoms with Gasteiger partial charge in [-0.2, -0.15) is 0 Å². The zero-order valence-electron chi connectivity index (χ0n) is 49.0. The van der Waals surface area contributed by atoms with Crippen molar-refractivity contribution >= 4 is 17.9 Å². The number of carbonyl (C=O) groups is 3. The first-order valence-electron chi connectivity index (χ1n) is 30.8. The minimum Gasteiger partial charge on any atom is -0.462 e. The largest absolute Gasteiger partial charge is 0.462 e. The average molecular weight is 1050 g/mol. The molecule has 0 spiro atoms. The lowest BCUT2D eigenvalue weighted by molar-refractivity contribution is -0.167. The van der Waals surface area contributed by atoms with Crippen molar-refractivity contribution in [2.24, 2.45) is 0 Å². The first-order chi connectivity index (χ1) is 37.5. The van der Waals surface area contributed by atoms with E-state index in [4.69, 9.17) is 14.2 Å². The summed E-state index contributed by atoms with van der Waals surface area (Å²) in [5, 5.41) is 0. The van der Waals surface area contributed by atoms with Crippen LogP contribution in [-0.4, -0.2) is 37.2 Å². The lowest BCUT2D eigenvalue weighted by atomic mass is 10.1. The molecule has 0 aliphatic rings. The number of hydrogen-bond donors (Lipinski definition) is 0. The first-order valence-corrected chi connectivity index (χ1v) is 30.8. The molecule has 0 amide bonds. The fourth-order valence-electron chi connectivity index (χ4n) is 8.04. The number of ether oxygens (including phenoxy) is 3. The molecule has 1 unspecified atom stereocenters. The van der Waals surface area contributed by atoms with E-state index in [0.717, 1.165) is 135 Å². The van der Waals surface area contributed by atoms with Crippen LogP contribution >= 0.6 is 0 Å². The van der Waals surface area contributed by atoms with Crippen molar-refractivity contribution in [1.82, 2.24) is 0 Å². The predicted molar refractivity (Wildman–Crippen MR) is 329 cm³/mol. The summed E-state index contributed by atoms with van der Waals surface area (Å²) in [6.07, 6.45) is 89.9. The smallest absolute Gasteiger partial charge is 0.306 e. The van der Waals surface area contributed by atoms with E-state index in [1.807, 2.05) is 0 Å². The van der Waals surface area contributed by atoms with Gasteiger partial charge in [0.1, 0.15) is 13.2 Å². The summed E-state index contributed by atoms with van der Waals surface area (Å²) in [5.41, 5.74) is 0. The van der Waals surface area contributed by atoms with Gasteiger partial charge in [0.2, 0.25) is 0 Å². The predicted octanol–water partition coefficient (Wildman–Crippen LogP) is 21.2. The van der Waals surface area contributed by atoms with E-state index in [2.05, 4.69) is 167 Å². The average Bonchev–Trinajstić information content (AvgIpc) is 3.42. The summed E-state index contributed by atoms with van der Waals surface area (Å²) in [6, 6.07) is 0. The number of esters is 3. The summed E-state index contributed by atoms with van der Waals surface area (Å²) in [7, 11) is 0. The van der Waals surface area contributed by atoms with E-state index in [1.54, 1.807) is 0 Å². The third kappa shape index (κ3) is 60.2. The van der Waals surface area contributed by atoms with Gasteiger partial charge >= 0.3 is 17.9 Å². The summed E-state index contributed by atoms with van der Waals surface area (Å²) in [4.78, 5) is 38.2. The van der Waals surface area contributed by atoms with E-state index in [1.165, 1.54) is 77.0 Å². The van der Waals surface area contributed by atoms with Crippen LogP contribution in [0.2, 0.25) is 0 Å². The van der Waals surface area contributed by atoms with Gasteiger partial charge in [-0.05, 0) is 122 Å². The number of allylic oxidation sites excluding steroid dienone is 24. The monoisotopic (exact) mass is 1050 g/mol. The van der Waals surface area contributed by atoms with E-state index < -0.39 is 6.10 Å². The third-order valence-corrected chi connectivity index (χ3v) is 12.6. The second-order valence-corrected chi connectivity index (χ2v) is 19.9. The van der Waals surface area contributed by atoms with E-state index in [0.29, 0.717) is 25.7 Å². The molecule has 428 valence electrons. The molecule has 0 aromatic carbocycles. The molecule has 0 aliphatic heterocycles. The maximum atomic E-state index is 12.9. The van der Waals surface area contributed by atoms with Crippen LogP contribution in [-0.2, 0) is 28.6 Å². The minimum absolute atomic E-state index is 0.0987. The van der Waals surface area contributed by atoms with Crippen LogP contribution in [0.1, 0.15) is 258 Å². The summed E-state index contributed by atoms with van der Waals surface area (Å²) in [5.74, 6) is -0.957. The lowest BCUT2D eigenvalue weighted by Crippen LogP contribution is -2.30. The Kier molecular flexibility index (Phi) is 58.9. The van der Waals surface area contributed by atoms with Crippen LogP contribution in [0.5, 0.6) is 0 Å². The molecular weight excluding hydrogens is 937 g/mol. The highest BCUT2D eigenvalue weighted by atomic mass is 16.6. The second-order valence-electron chi connectivity index (χ2n) is 19.9. The summed E-state index contributed by atoms with van der Waals surface area (Å²) >= 11 is 0. The Morgan fingerprint density at radius 2 is 0.513 bits per heavy atom. The highest BCUT2D eigenvalue weighted by Gasteiger charge is 2.19. The zero-order valence-corrected chi connectivity index (χ0v) is 49.0. The molecule has 0 radical (unpaired) electrons. The lowest BCUT2D eigenvalue weighted by Gasteiger charge is -2.18. The van der Waals surface area contributed by atoms with E-state index in [9.17, 15) is 14.4 Å². The highest BCUT2D eigenvalue weighted by Crippen LogP contribution is 2.14. The Bertz CT molecular complexity index is 1680. The highest BCUT2D eigenvalue weighted by molar-refractivity contribution is 5.71. The Hall–Kier alpha value is -4.71. The molecule has 76 heavy (non-hydrogen) atoms.